The highest BCUT2D eigenvalue weighted by Crippen LogP contribution is 2.25. The highest BCUT2D eigenvalue weighted by Gasteiger charge is 2.19. The Labute approximate surface area is 197 Å². The van der Waals surface area contributed by atoms with E-state index < -0.39 is 5.97 Å². The van der Waals surface area contributed by atoms with Gasteiger partial charge in [0.15, 0.2) is 17.1 Å². The quantitative estimate of drug-likeness (QED) is 0.345. The number of carbonyl (C=O) groups excluding carboxylic acids is 2. The number of rotatable bonds is 10. The number of nitrogens with zero attached hydrogens (tertiary/aromatic N) is 3. The van der Waals surface area contributed by atoms with Crippen molar-refractivity contribution in [2.24, 2.45) is 0 Å². The molecule has 2 aromatic carbocycles. The zero-order valence-electron chi connectivity index (χ0n) is 19.2. The molecule has 174 valence electrons. The molecule has 1 atom stereocenters. The largest absolute Gasteiger partial charge is 0.483 e. The van der Waals surface area contributed by atoms with Gasteiger partial charge in [-0.3, -0.25) is 4.79 Å². The van der Waals surface area contributed by atoms with Crippen molar-refractivity contribution in [1.82, 2.24) is 14.8 Å². The van der Waals surface area contributed by atoms with Crippen LogP contribution in [-0.4, -0.2) is 39.5 Å². The lowest BCUT2D eigenvalue weighted by molar-refractivity contribution is -0.113. The molecule has 0 aliphatic carbocycles. The van der Waals surface area contributed by atoms with E-state index in [-0.39, 0.29) is 17.8 Å². The van der Waals surface area contributed by atoms with E-state index in [9.17, 15) is 9.59 Å². The minimum atomic E-state index is -0.422. The van der Waals surface area contributed by atoms with Crippen molar-refractivity contribution < 1.29 is 19.1 Å². The van der Waals surface area contributed by atoms with Gasteiger partial charge in [0.1, 0.15) is 5.75 Å². The van der Waals surface area contributed by atoms with Crippen LogP contribution in [0.5, 0.6) is 5.75 Å². The third-order valence-electron chi connectivity index (χ3n) is 4.99. The first kappa shape index (κ1) is 24.3. The molecule has 33 heavy (non-hydrogen) atoms. The molecule has 1 amide bonds. The maximum atomic E-state index is 12.4. The molecular formula is C24H28N4O4S. The zero-order chi connectivity index (χ0) is 23.8. The Kier molecular flexibility index (Phi) is 8.48. The Hall–Kier alpha value is -3.33. The van der Waals surface area contributed by atoms with Crippen LogP contribution in [0.2, 0.25) is 0 Å². The van der Waals surface area contributed by atoms with Crippen molar-refractivity contribution in [3.05, 3.63) is 65.5 Å². The second-order valence-electron chi connectivity index (χ2n) is 7.25. The maximum absolute atomic E-state index is 12.4. The van der Waals surface area contributed by atoms with E-state index >= 15 is 0 Å². The van der Waals surface area contributed by atoms with E-state index in [0.717, 1.165) is 12.2 Å². The minimum Gasteiger partial charge on any atom is -0.483 e. The summed E-state index contributed by atoms with van der Waals surface area (Å²) in [6.45, 7) is 6.71. The van der Waals surface area contributed by atoms with E-state index in [0.29, 0.717) is 28.8 Å². The van der Waals surface area contributed by atoms with Gasteiger partial charge >= 0.3 is 5.97 Å². The van der Waals surface area contributed by atoms with Crippen LogP contribution in [0.4, 0.5) is 5.69 Å². The molecule has 0 aliphatic heterocycles. The van der Waals surface area contributed by atoms with Crippen molar-refractivity contribution in [2.75, 3.05) is 18.2 Å². The highest BCUT2D eigenvalue weighted by molar-refractivity contribution is 7.99. The lowest BCUT2D eigenvalue weighted by atomic mass is 10.2. The second kappa shape index (κ2) is 11.5. The summed E-state index contributed by atoms with van der Waals surface area (Å²) >= 11 is 1.31. The Morgan fingerprint density at radius 1 is 1.06 bits per heavy atom. The predicted molar refractivity (Wildman–Crippen MR) is 128 cm³/mol. The summed E-state index contributed by atoms with van der Waals surface area (Å²) in [4.78, 5) is 23.9. The minimum absolute atomic E-state index is 0.171. The van der Waals surface area contributed by atoms with Crippen LogP contribution in [0.1, 0.15) is 48.6 Å². The number of aromatic nitrogens is 3. The summed E-state index contributed by atoms with van der Waals surface area (Å²) in [7, 11) is 1.33. The molecule has 1 aromatic heterocycles. The lowest BCUT2D eigenvalue weighted by Gasteiger charge is -2.16. The van der Waals surface area contributed by atoms with Crippen LogP contribution in [0.3, 0.4) is 0 Å². The summed E-state index contributed by atoms with van der Waals surface area (Å²) in [5, 5.41) is 12.0. The first-order valence-corrected chi connectivity index (χ1v) is 11.7. The van der Waals surface area contributed by atoms with Crippen molar-refractivity contribution in [2.45, 2.75) is 45.0 Å². The predicted octanol–water partition coefficient (Wildman–Crippen LogP) is 4.52. The van der Waals surface area contributed by atoms with Crippen LogP contribution in [0.25, 0.3) is 0 Å². The van der Waals surface area contributed by atoms with Gasteiger partial charge in [-0.25, -0.2) is 4.79 Å². The summed E-state index contributed by atoms with van der Waals surface area (Å²) in [5.74, 6) is 1.05. The number of amides is 1. The van der Waals surface area contributed by atoms with Gasteiger partial charge in [0, 0.05) is 12.2 Å². The molecule has 0 aliphatic rings. The molecule has 3 rings (SSSR count). The number of anilines is 1. The third-order valence-corrected chi connectivity index (χ3v) is 5.96. The van der Waals surface area contributed by atoms with Gasteiger partial charge in [-0.05, 0) is 62.2 Å². The highest BCUT2D eigenvalue weighted by atomic mass is 32.2. The number of hydrogen-bond acceptors (Lipinski definition) is 7. The molecule has 0 fully saturated rings. The fourth-order valence-corrected chi connectivity index (χ4v) is 4.01. The molecule has 0 saturated carbocycles. The molecule has 8 nitrogen and oxygen atoms in total. The number of carbonyl (C=O) groups is 2. The molecule has 0 spiro atoms. The molecule has 1 unspecified atom stereocenters. The van der Waals surface area contributed by atoms with Crippen LogP contribution in [0.15, 0.2) is 53.7 Å². The average molecular weight is 469 g/mol. The van der Waals surface area contributed by atoms with Gasteiger partial charge in [-0.2, -0.15) is 0 Å². The van der Waals surface area contributed by atoms with E-state index in [1.807, 2.05) is 30.5 Å². The molecule has 3 aromatic rings. The van der Waals surface area contributed by atoms with E-state index in [4.69, 9.17) is 4.74 Å². The Balaban J connectivity index is 1.58. The van der Waals surface area contributed by atoms with Crippen molar-refractivity contribution in [1.29, 1.82) is 0 Å². The van der Waals surface area contributed by atoms with Crippen molar-refractivity contribution >= 4 is 29.3 Å². The molecule has 0 saturated heterocycles. The topological polar surface area (TPSA) is 95.3 Å². The van der Waals surface area contributed by atoms with E-state index in [1.54, 1.807) is 24.3 Å². The Morgan fingerprint density at radius 2 is 1.76 bits per heavy atom. The third kappa shape index (κ3) is 6.35. The number of benzene rings is 2. The second-order valence-corrected chi connectivity index (χ2v) is 8.19. The lowest BCUT2D eigenvalue weighted by Crippen LogP contribution is -2.15. The van der Waals surface area contributed by atoms with Crippen LogP contribution in [-0.2, 0) is 22.5 Å². The van der Waals surface area contributed by atoms with Gasteiger partial charge in [0.2, 0.25) is 5.91 Å². The van der Waals surface area contributed by atoms with Crippen LogP contribution < -0.4 is 10.1 Å². The fourth-order valence-electron chi connectivity index (χ4n) is 3.20. The number of hydrogen-bond donors (Lipinski definition) is 1. The van der Waals surface area contributed by atoms with Crippen molar-refractivity contribution in [3.8, 4) is 5.75 Å². The number of methoxy groups -OCH3 is 1. The number of ether oxygens (including phenoxy) is 2. The smallest absolute Gasteiger partial charge is 0.337 e. The van der Waals surface area contributed by atoms with Crippen LogP contribution >= 0.6 is 11.8 Å². The first-order chi connectivity index (χ1) is 15.9. The van der Waals surface area contributed by atoms with E-state index in [2.05, 4.69) is 39.3 Å². The monoisotopic (exact) mass is 468 g/mol. The molecular weight excluding hydrogens is 440 g/mol. The number of nitrogens with one attached hydrogen (secondary N) is 1. The van der Waals surface area contributed by atoms with Gasteiger partial charge in [0.05, 0.1) is 18.4 Å². The molecule has 1 heterocycles. The van der Waals surface area contributed by atoms with Gasteiger partial charge < -0.3 is 19.4 Å². The average Bonchev–Trinajstić information content (AvgIpc) is 3.26. The fraction of sp³-hybridized carbons (Fsp3) is 0.333. The SMILES string of the molecule is CCc1ccc(OC(C)c2nnc(SCC(=O)Nc3ccc(C(=O)OC)cc3)n2CC)cc1. The summed E-state index contributed by atoms with van der Waals surface area (Å²) < 4.78 is 12.7. The van der Waals surface area contributed by atoms with Gasteiger partial charge in [0.25, 0.3) is 0 Å². The normalized spacial score (nSPS) is 11.6. The maximum Gasteiger partial charge on any atom is 0.337 e. The Bertz CT molecular complexity index is 1080. The summed E-state index contributed by atoms with van der Waals surface area (Å²) in [6.07, 6.45) is 0.689. The molecule has 1 N–H and O–H groups in total. The number of thioether (sulfide) groups is 1. The summed E-state index contributed by atoms with van der Waals surface area (Å²) in [6, 6.07) is 14.5. The molecule has 0 radical (unpaired) electrons. The standard InChI is InChI=1S/C24H28N4O4S/c1-5-17-7-13-20(14-8-17)32-16(3)22-26-27-24(28(22)6-2)33-15-21(29)25-19-11-9-18(10-12-19)23(30)31-4/h7-14,16H,5-6,15H2,1-4H3,(H,25,29). The molecule has 0 bridgehead atoms. The first-order valence-electron chi connectivity index (χ1n) is 10.7. The van der Waals surface area contributed by atoms with Gasteiger partial charge in [-0.15, -0.1) is 10.2 Å². The van der Waals surface area contributed by atoms with Gasteiger partial charge in [-0.1, -0.05) is 30.8 Å². The number of aryl methyl sites for hydroxylation is 1. The summed E-state index contributed by atoms with van der Waals surface area (Å²) in [5.41, 5.74) is 2.27. The molecule has 9 heteroatoms. The van der Waals surface area contributed by atoms with Crippen LogP contribution in [0, 0.1) is 0 Å². The van der Waals surface area contributed by atoms with Crippen molar-refractivity contribution in [3.63, 3.8) is 0 Å². The zero-order valence-corrected chi connectivity index (χ0v) is 20.0. The number of esters is 1. The Morgan fingerprint density at radius 3 is 2.36 bits per heavy atom. The van der Waals surface area contributed by atoms with E-state index in [1.165, 1.54) is 24.4 Å².